The number of carbonyl (C=O) groups excluding carboxylic acids is 2. The predicted molar refractivity (Wildman–Crippen MR) is 133 cm³/mol. The predicted octanol–water partition coefficient (Wildman–Crippen LogP) is 3.24. The van der Waals surface area contributed by atoms with E-state index in [1.54, 1.807) is 18.4 Å². The number of halogens is 1. The fourth-order valence-corrected chi connectivity index (χ4v) is 4.35. The fourth-order valence-electron chi connectivity index (χ4n) is 4.35. The number of H-pyrrole nitrogens is 1. The first-order valence-electron chi connectivity index (χ1n) is 11.1. The summed E-state index contributed by atoms with van der Waals surface area (Å²) < 4.78 is 5.32. The molecule has 0 saturated heterocycles. The van der Waals surface area contributed by atoms with Crippen molar-refractivity contribution in [3.8, 4) is 0 Å². The number of benzene rings is 2. The maximum Gasteiger partial charge on any atom is 0.243 e. The van der Waals surface area contributed by atoms with E-state index in [0.29, 0.717) is 25.1 Å². The number of amides is 2. The lowest BCUT2D eigenvalue weighted by Crippen LogP contribution is -2.54. The van der Waals surface area contributed by atoms with E-state index < -0.39 is 6.04 Å². The molecule has 2 amide bonds. The Hall–Kier alpha value is -3.55. The molecule has 0 fully saturated rings. The van der Waals surface area contributed by atoms with Crippen molar-refractivity contribution in [3.63, 3.8) is 0 Å². The molecule has 1 aliphatic rings. The Labute approximate surface area is 203 Å². The van der Waals surface area contributed by atoms with Crippen molar-refractivity contribution < 1.29 is 14.0 Å². The summed E-state index contributed by atoms with van der Waals surface area (Å²) in [4.78, 5) is 29.5. The van der Waals surface area contributed by atoms with E-state index in [0.717, 1.165) is 22.0 Å². The van der Waals surface area contributed by atoms with Crippen LogP contribution in [-0.4, -0.2) is 28.9 Å². The van der Waals surface area contributed by atoms with Crippen LogP contribution in [0.1, 0.15) is 22.5 Å². The Morgan fingerprint density at radius 2 is 1.82 bits per heavy atom. The number of aromatic nitrogens is 1. The Balaban J connectivity index is 0.00000274. The summed E-state index contributed by atoms with van der Waals surface area (Å²) >= 11 is 0. The second kappa shape index (κ2) is 10.6. The highest BCUT2D eigenvalue weighted by Gasteiger charge is 2.29. The molecule has 1 aliphatic heterocycles. The molecule has 2 aromatic heterocycles. The van der Waals surface area contributed by atoms with Crippen molar-refractivity contribution in [1.82, 2.24) is 20.9 Å². The first kappa shape index (κ1) is 23.6. The van der Waals surface area contributed by atoms with Gasteiger partial charge in [-0.1, -0.05) is 42.5 Å². The maximum atomic E-state index is 13.2. The lowest BCUT2D eigenvalue weighted by atomic mass is 9.95. The largest absolute Gasteiger partial charge is 0.467 e. The van der Waals surface area contributed by atoms with Gasteiger partial charge in [-0.25, -0.2) is 0 Å². The lowest BCUT2D eigenvalue weighted by Gasteiger charge is -2.27. The van der Waals surface area contributed by atoms with Gasteiger partial charge in [-0.3, -0.25) is 9.59 Å². The number of furan rings is 1. The summed E-state index contributed by atoms with van der Waals surface area (Å²) in [6.45, 7) is 0.896. The van der Waals surface area contributed by atoms with E-state index in [1.165, 1.54) is 5.56 Å². The smallest absolute Gasteiger partial charge is 0.243 e. The first-order valence-corrected chi connectivity index (χ1v) is 11.1. The van der Waals surface area contributed by atoms with Crippen LogP contribution in [0.25, 0.3) is 10.9 Å². The van der Waals surface area contributed by atoms with Crippen LogP contribution < -0.4 is 16.0 Å². The minimum Gasteiger partial charge on any atom is -0.467 e. The van der Waals surface area contributed by atoms with E-state index in [4.69, 9.17) is 4.42 Å². The summed E-state index contributed by atoms with van der Waals surface area (Å²) in [5, 5.41) is 10.2. The topological polar surface area (TPSA) is 99.2 Å². The first-order chi connectivity index (χ1) is 16.2. The molecule has 4 N–H and O–H groups in total. The van der Waals surface area contributed by atoms with E-state index in [1.807, 2.05) is 42.6 Å². The van der Waals surface area contributed by atoms with Crippen molar-refractivity contribution in [2.45, 2.75) is 38.0 Å². The zero-order valence-corrected chi connectivity index (χ0v) is 19.4. The van der Waals surface area contributed by atoms with Crippen LogP contribution in [0.2, 0.25) is 0 Å². The SMILES string of the molecule is Cl.O=C(NC(Cc1c[nH]c2ccccc12)C(=O)NCc1ccco1)C1Cc2ccccc2CN1. The fraction of sp³-hybridized carbons (Fsp3) is 0.231. The van der Waals surface area contributed by atoms with Crippen LogP contribution in [0.5, 0.6) is 0 Å². The molecule has 3 heterocycles. The molecule has 0 bridgehead atoms. The van der Waals surface area contributed by atoms with Gasteiger partial charge in [0.15, 0.2) is 0 Å². The summed E-state index contributed by atoms with van der Waals surface area (Å²) in [5.41, 5.74) is 4.34. The van der Waals surface area contributed by atoms with Gasteiger partial charge >= 0.3 is 0 Å². The third-order valence-corrected chi connectivity index (χ3v) is 6.15. The molecule has 4 aromatic rings. The van der Waals surface area contributed by atoms with E-state index in [-0.39, 0.29) is 36.8 Å². The minimum absolute atomic E-state index is 0. The number of aromatic amines is 1. The zero-order chi connectivity index (χ0) is 22.6. The van der Waals surface area contributed by atoms with Crippen LogP contribution >= 0.6 is 12.4 Å². The van der Waals surface area contributed by atoms with Gasteiger partial charge in [0, 0.05) is 30.1 Å². The maximum absolute atomic E-state index is 13.2. The van der Waals surface area contributed by atoms with Gasteiger partial charge in [-0.2, -0.15) is 0 Å². The monoisotopic (exact) mass is 478 g/mol. The third-order valence-electron chi connectivity index (χ3n) is 6.15. The number of hydrogen-bond donors (Lipinski definition) is 4. The number of nitrogens with one attached hydrogen (secondary N) is 4. The van der Waals surface area contributed by atoms with Crippen molar-refractivity contribution in [2.75, 3.05) is 0 Å². The number of rotatable bonds is 7. The molecular formula is C26H27ClN4O3. The van der Waals surface area contributed by atoms with Gasteiger partial charge in [0.05, 0.1) is 18.8 Å². The zero-order valence-electron chi connectivity index (χ0n) is 18.5. The highest BCUT2D eigenvalue weighted by Crippen LogP contribution is 2.20. The van der Waals surface area contributed by atoms with Crippen LogP contribution in [-0.2, 0) is 35.5 Å². The van der Waals surface area contributed by atoms with Gasteiger partial charge < -0.3 is 25.4 Å². The van der Waals surface area contributed by atoms with Crippen LogP contribution in [0.3, 0.4) is 0 Å². The molecule has 8 heteroatoms. The average Bonchev–Trinajstić information content (AvgIpc) is 3.52. The van der Waals surface area contributed by atoms with Crippen LogP contribution in [0.15, 0.2) is 77.5 Å². The average molecular weight is 479 g/mol. The number of para-hydroxylation sites is 1. The molecule has 2 aromatic carbocycles. The Bertz CT molecular complexity index is 1270. The molecular weight excluding hydrogens is 452 g/mol. The lowest BCUT2D eigenvalue weighted by molar-refractivity contribution is -0.130. The van der Waals surface area contributed by atoms with Crippen molar-refractivity contribution in [2.24, 2.45) is 0 Å². The normalized spacial score (nSPS) is 15.7. The molecule has 34 heavy (non-hydrogen) atoms. The van der Waals surface area contributed by atoms with Crippen molar-refractivity contribution in [1.29, 1.82) is 0 Å². The molecule has 0 aliphatic carbocycles. The van der Waals surface area contributed by atoms with Gasteiger partial charge in [-0.15, -0.1) is 12.4 Å². The van der Waals surface area contributed by atoms with E-state index >= 15 is 0 Å². The molecule has 7 nitrogen and oxygen atoms in total. The Kier molecular flexibility index (Phi) is 7.35. The molecule has 0 spiro atoms. The molecule has 2 unspecified atom stereocenters. The quantitative estimate of drug-likeness (QED) is 0.327. The number of hydrogen-bond acceptors (Lipinski definition) is 4. The Morgan fingerprint density at radius 1 is 1.03 bits per heavy atom. The van der Waals surface area contributed by atoms with Crippen LogP contribution in [0, 0.1) is 0 Å². The highest BCUT2D eigenvalue weighted by atomic mass is 35.5. The second-order valence-corrected chi connectivity index (χ2v) is 8.33. The van der Waals surface area contributed by atoms with Gasteiger partial charge in [0.2, 0.25) is 11.8 Å². The minimum atomic E-state index is -0.717. The molecule has 2 atom stereocenters. The summed E-state index contributed by atoms with van der Waals surface area (Å²) in [7, 11) is 0. The third kappa shape index (κ3) is 5.16. The summed E-state index contributed by atoms with van der Waals surface area (Å²) in [6.07, 6.45) is 4.44. The Morgan fingerprint density at radius 3 is 2.65 bits per heavy atom. The highest BCUT2D eigenvalue weighted by molar-refractivity contribution is 5.91. The molecule has 0 radical (unpaired) electrons. The van der Waals surface area contributed by atoms with E-state index in [2.05, 4.69) is 33.1 Å². The van der Waals surface area contributed by atoms with Gasteiger partial charge in [0.1, 0.15) is 11.8 Å². The second-order valence-electron chi connectivity index (χ2n) is 8.33. The molecule has 5 rings (SSSR count). The van der Waals surface area contributed by atoms with Gasteiger partial charge in [-0.05, 0) is 41.3 Å². The van der Waals surface area contributed by atoms with E-state index in [9.17, 15) is 9.59 Å². The van der Waals surface area contributed by atoms with Crippen molar-refractivity contribution in [3.05, 3.63) is 95.6 Å². The summed E-state index contributed by atoms with van der Waals surface area (Å²) in [5.74, 6) is 0.231. The van der Waals surface area contributed by atoms with Gasteiger partial charge in [0.25, 0.3) is 0 Å². The van der Waals surface area contributed by atoms with Crippen molar-refractivity contribution >= 4 is 35.1 Å². The molecule has 0 saturated carbocycles. The number of carbonyl (C=O) groups is 2. The standard InChI is InChI=1S/C26H26N4O3.ClH/c31-25(29-16-20-8-5-11-33-20)24(13-19-15-27-22-10-4-3-9-21(19)22)30-26(32)23-12-17-6-1-2-7-18(17)14-28-23;/h1-11,15,23-24,27-28H,12-14,16H2,(H,29,31)(H,30,32);1H. The molecule has 176 valence electrons. The number of fused-ring (bicyclic) bond motifs is 2. The summed E-state index contributed by atoms with van der Waals surface area (Å²) in [6, 6.07) is 18.5. The van der Waals surface area contributed by atoms with Crippen LogP contribution in [0.4, 0.5) is 0 Å².